The van der Waals surface area contributed by atoms with Crippen molar-refractivity contribution in [1.29, 1.82) is 0 Å². The second-order valence-electron chi connectivity index (χ2n) is 6.69. The molecule has 0 aromatic carbocycles. The molecule has 0 aromatic rings. The molecule has 0 bridgehead atoms. The molecule has 11 nitrogen and oxygen atoms in total. The second kappa shape index (κ2) is 9.17. The topological polar surface area (TPSA) is 179 Å². The standard InChI is InChI=1S/C15H28O11/c1-5(2)23-15-13(11(21)9(19)7(4-17)25-15)26-14-12(22)10(20)8(18)6(3-16)24-14/h5-22H,3-4H2,1-2H3/t6?,7?,8-,9-,10?,11?,12?,13?,14-,15+/m1/s1. The summed E-state index contributed by atoms with van der Waals surface area (Å²) >= 11 is 0. The smallest absolute Gasteiger partial charge is 0.187 e. The van der Waals surface area contributed by atoms with Gasteiger partial charge in [0.1, 0.15) is 48.8 Å². The average Bonchev–Trinajstić information content (AvgIpc) is 2.60. The number of aliphatic hydroxyl groups excluding tert-OH is 7. The Morgan fingerprint density at radius 1 is 0.731 bits per heavy atom. The van der Waals surface area contributed by atoms with Crippen molar-refractivity contribution >= 4 is 0 Å². The maximum absolute atomic E-state index is 10.3. The van der Waals surface area contributed by atoms with E-state index in [1.165, 1.54) is 0 Å². The fourth-order valence-electron chi connectivity index (χ4n) is 2.91. The van der Waals surface area contributed by atoms with Gasteiger partial charge in [-0.1, -0.05) is 0 Å². The van der Waals surface area contributed by atoms with Crippen molar-refractivity contribution < 1.29 is 54.7 Å². The summed E-state index contributed by atoms with van der Waals surface area (Å²) in [6, 6.07) is 0. The van der Waals surface area contributed by atoms with Gasteiger partial charge in [0.25, 0.3) is 0 Å². The molecular formula is C15H28O11. The van der Waals surface area contributed by atoms with E-state index in [4.69, 9.17) is 18.9 Å². The molecule has 0 saturated carbocycles. The van der Waals surface area contributed by atoms with E-state index in [-0.39, 0.29) is 6.10 Å². The van der Waals surface area contributed by atoms with Crippen LogP contribution in [0.5, 0.6) is 0 Å². The van der Waals surface area contributed by atoms with Crippen molar-refractivity contribution in [2.75, 3.05) is 13.2 Å². The second-order valence-corrected chi connectivity index (χ2v) is 6.69. The van der Waals surface area contributed by atoms with Crippen molar-refractivity contribution in [1.82, 2.24) is 0 Å². The minimum absolute atomic E-state index is 0.359. The van der Waals surface area contributed by atoms with Crippen LogP contribution in [0, 0.1) is 0 Å². The molecule has 2 aliphatic heterocycles. The molecule has 154 valence electrons. The maximum atomic E-state index is 10.3. The molecule has 11 heteroatoms. The molecule has 2 aliphatic rings. The first-order valence-corrected chi connectivity index (χ1v) is 8.45. The van der Waals surface area contributed by atoms with Crippen molar-refractivity contribution in [3.8, 4) is 0 Å². The molecule has 10 atom stereocenters. The molecule has 6 unspecified atom stereocenters. The minimum atomic E-state index is -1.69. The van der Waals surface area contributed by atoms with Crippen LogP contribution in [0.1, 0.15) is 13.8 Å². The van der Waals surface area contributed by atoms with Gasteiger partial charge in [0.05, 0.1) is 19.3 Å². The molecule has 2 rings (SSSR count). The van der Waals surface area contributed by atoms with Crippen LogP contribution in [0.2, 0.25) is 0 Å². The maximum Gasteiger partial charge on any atom is 0.187 e. The third kappa shape index (κ3) is 4.51. The lowest BCUT2D eigenvalue weighted by Crippen LogP contribution is -2.64. The van der Waals surface area contributed by atoms with E-state index in [0.717, 1.165) is 0 Å². The van der Waals surface area contributed by atoms with Gasteiger partial charge in [-0.05, 0) is 13.8 Å². The highest BCUT2D eigenvalue weighted by Crippen LogP contribution is 2.30. The van der Waals surface area contributed by atoms with Crippen LogP contribution in [0.4, 0.5) is 0 Å². The molecule has 2 heterocycles. The number of ether oxygens (including phenoxy) is 4. The predicted molar refractivity (Wildman–Crippen MR) is 82.6 cm³/mol. The summed E-state index contributed by atoms with van der Waals surface area (Å²) < 4.78 is 21.6. The molecule has 26 heavy (non-hydrogen) atoms. The summed E-state index contributed by atoms with van der Waals surface area (Å²) in [5.74, 6) is 0. The Morgan fingerprint density at radius 2 is 1.23 bits per heavy atom. The van der Waals surface area contributed by atoms with Crippen LogP contribution >= 0.6 is 0 Å². The van der Waals surface area contributed by atoms with Gasteiger partial charge < -0.3 is 54.7 Å². The summed E-state index contributed by atoms with van der Waals surface area (Å²) in [6.45, 7) is 2.18. The lowest BCUT2D eigenvalue weighted by Gasteiger charge is -2.46. The Morgan fingerprint density at radius 3 is 1.73 bits per heavy atom. The molecule has 0 spiro atoms. The molecule has 2 fully saturated rings. The third-order valence-corrected chi connectivity index (χ3v) is 4.37. The van der Waals surface area contributed by atoms with Gasteiger partial charge in [-0.2, -0.15) is 0 Å². The normalized spacial score (nSPS) is 47.3. The molecule has 0 amide bonds. The SMILES string of the molecule is CC(C)O[C@H]1OC(CO)[C@@H](O)C(O)C1O[C@H]1OC(CO)[C@@H](O)C(O)C1O. The number of hydrogen-bond acceptors (Lipinski definition) is 11. The lowest BCUT2D eigenvalue weighted by atomic mass is 9.97. The lowest BCUT2D eigenvalue weighted by molar-refractivity contribution is -0.370. The van der Waals surface area contributed by atoms with Crippen LogP contribution in [-0.2, 0) is 18.9 Å². The van der Waals surface area contributed by atoms with Gasteiger partial charge in [0.15, 0.2) is 12.6 Å². The first-order chi connectivity index (χ1) is 12.2. The zero-order valence-electron chi connectivity index (χ0n) is 14.5. The van der Waals surface area contributed by atoms with Crippen molar-refractivity contribution in [3.63, 3.8) is 0 Å². The van der Waals surface area contributed by atoms with Gasteiger partial charge >= 0.3 is 0 Å². The largest absolute Gasteiger partial charge is 0.394 e. The number of aliphatic hydroxyl groups is 7. The van der Waals surface area contributed by atoms with Crippen LogP contribution in [0.25, 0.3) is 0 Å². The fourth-order valence-corrected chi connectivity index (χ4v) is 2.91. The summed E-state index contributed by atoms with van der Waals surface area (Å²) in [7, 11) is 0. The van der Waals surface area contributed by atoms with Crippen molar-refractivity contribution in [2.45, 2.75) is 81.4 Å². The highest BCUT2D eigenvalue weighted by Gasteiger charge is 2.50. The van der Waals surface area contributed by atoms with E-state index in [0.29, 0.717) is 0 Å². The highest BCUT2D eigenvalue weighted by molar-refractivity contribution is 4.93. The summed E-state index contributed by atoms with van der Waals surface area (Å²) in [5, 5.41) is 68.6. The van der Waals surface area contributed by atoms with Crippen LogP contribution in [0.15, 0.2) is 0 Å². The molecule has 7 N–H and O–H groups in total. The Balaban J connectivity index is 2.17. The molecule has 0 radical (unpaired) electrons. The Hall–Kier alpha value is -0.440. The Bertz CT molecular complexity index is 434. The third-order valence-electron chi connectivity index (χ3n) is 4.37. The van der Waals surface area contributed by atoms with E-state index < -0.39 is 74.6 Å². The highest BCUT2D eigenvalue weighted by atomic mass is 16.8. The van der Waals surface area contributed by atoms with Crippen LogP contribution in [0.3, 0.4) is 0 Å². The van der Waals surface area contributed by atoms with E-state index in [2.05, 4.69) is 0 Å². The molecule has 2 saturated heterocycles. The van der Waals surface area contributed by atoms with Crippen LogP contribution in [-0.4, -0.2) is 116 Å². The van der Waals surface area contributed by atoms with E-state index in [1.54, 1.807) is 13.8 Å². The first kappa shape index (κ1) is 21.9. The van der Waals surface area contributed by atoms with E-state index >= 15 is 0 Å². The van der Waals surface area contributed by atoms with Gasteiger partial charge in [0, 0.05) is 0 Å². The fraction of sp³-hybridized carbons (Fsp3) is 1.00. The monoisotopic (exact) mass is 384 g/mol. The number of rotatable bonds is 6. The van der Waals surface area contributed by atoms with Crippen molar-refractivity contribution in [3.05, 3.63) is 0 Å². The molecule has 0 aliphatic carbocycles. The van der Waals surface area contributed by atoms with Gasteiger partial charge in [-0.15, -0.1) is 0 Å². The van der Waals surface area contributed by atoms with Gasteiger partial charge in [0.2, 0.25) is 0 Å². The van der Waals surface area contributed by atoms with Crippen LogP contribution < -0.4 is 0 Å². The summed E-state index contributed by atoms with van der Waals surface area (Å²) in [4.78, 5) is 0. The summed E-state index contributed by atoms with van der Waals surface area (Å²) in [6.07, 6.45) is -14.7. The predicted octanol–water partition coefficient (Wildman–Crippen LogP) is -3.96. The van der Waals surface area contributed by atoms with E-state index in [1.807, 2.05) is 0 Å². The van der Waals surface area contributed by atoms with E-state index in [9.17, 15) is 35.7 Å². The van der Waals surface area contributed by atoms with Gasteiger partial charge in [-0.25, -0.2) is 0 Å². The zero-order valence-corrected chi connectivity index (χ0v) is 14.5. The average molecular weight is 384 g/mol. The van der Waals surface area contributed by atoms with Crippen molar-refractivity contribution in [2.24, 2.45) is 0 Å². The van der Waals surface area contributed by atoms with Gasteiger partial charge in [-0.3, -0.25) is 0 Å². The minimum Gasteiger partial charge on any atom is -0.394 e. The first-order valence-electron chi connectivity index (χ1n) is 8.45. The Labute approximate surface area is 150 Å². The Kier molecular flexibility index (Phi) is 7.71. The number of hydrogen-bond donors (Lipinski definition) is 7. The quantitative estimate of drug-likeness (QED) is 0.237. The zero-order chi connectivity index (χ0) is 19.6. The molecule has 0 aromatic heterocycles. The molecular weight excluding hydrogens is 356 g/mol. The summed E-state index contributed by atoms with van der Waals surface area (Å²) in [5.41, 5.74) is 0.